The summed E-state index contributed by atoms with van der Waals surface area (Å²) in [6, 6.07) is 0. The van der Waals surface area contributed by atoms with Crippen molar-refractivity contribution in [3.05, 3.63) is 16.1 Å². The van der Waals surface area contributed by atoms with Gasteiger partial charge in [0.25, 0.3) is 0 Å². The van der Waals surface area contributed by atoms with Gasteiger partial charge in [0, 0.05) is 30.3 Å². The summed E-state index contributed by atoms with van der Waals surface area (Å²) in [5.41, 5.74) is 1.17. The second kappa shape index (κ2) is 5.87. The van der Waals surface area contributed by atoms with Crippen LogP contribution in [0.15, 0.2) is 5.38 Å². The molecule has 0 saturated carbocycles. The molecule has 2 rings (SSSR count). The predicted molar refractivity (Wildman–Crippen MR) is 77.8 cm³/mol. The highest BCUT2D eigenvalue weighted by Crippen LogP contribution is 2.25. The van der Waals surface area contributed by atoms with Gasteiger partial charge in [0.15, 0.2) is 0 Å². The third-order valence-corrected chi connectivity index (χ3v) is 4.30. The van der Waals surface area contributed by atoms with Crippen LogP contribution in [0.4, 0.5) is 0 Å². The van der Waals surface area contributed by atoms with E-state index >= 15 is 0 Å². The molecule has 1 N–H and O–H groups in total. The van der Waals surface area contributed by atoms with Gasteiger partial charge in [0.2, 0.25) is 0 Å². The summed E-state index contributed by atoms with van der Waals surface area (Å²) in [7, 11) is 2.06. The van der Waals surface area contributed by atoms with Crippen molar-refractivity contribution in [1.29, 1.82) is 0 Å². The number of nitrogens with zero attached hydrogens (tertiary/aromatic N) is 2. The highest BCUT2D eigenvalue weighted by molar-refractivity contribution is 7.09. The minimum Gasteiger partial charge on any atom is -0.390 e. The third-order valence-electron chi connectivity index (χ3n) is 3.43. The summed E-state index contributed by atoms with van der Waals surface area (Å²) in [4.78, 5) is 6.82. The molecule has 19 heavy (non-hydrogen) atoms. The summed E-state index contributed by atoms with van der Waals surface area (Å²) in [6.07, 6.45) is 0.0154. The second-order valence-corrected chi connectivity index (χ2v) is 7.26. The molecule has 2 atom stereocenters. The number of ether oxygens (including phenoxy) is 1. The fraction of sp³-hybridized carbons (Fsp3) is 0.786. The maximum atomic E-state index is 10.3. The van der Waals surface area contributed by atoms with Crippen molar-refractivity contribution in [3.8, 4) is 0 Å². The zero-order chi connectivity index (χ0) is 14.0. The Hall–Kier alpha value is -0.490. The molecule has 0 aromatic carbocycles. The first kappa shape index (κ1) is 14.9. The number of aromatic nitrogens is 1. The summed E-state index contributed by atoms with van der Waals surface area (Å²) in [5, 5.41) is 13.4. The minimum atomic E-state index is -0.471. The Kier molecular flexibility index (Phi) is 4.61. The zero-order valence-corrected chi connectivity index (χ0v) is 13.0. The second-order valence-electron chi connectivity index (χ2n) is 6.32. The van der Waals surface area contributed by atoms with E-state index in [1.807, 2.05) is 0 Å². The largest absolute Gasteiger partial charge is 0.390 e. The van der Waals surface area contributed by atoms with Crippen LogP contribution in [-0.2, 0) is 16.6 Å². The summed E-state index contributed by atoms with van der Waals surface area (Å²) in [6.45, 7) is 8.89. The van der Waals surface area contributed by atoms with Gasteiger partial charge in [-0.25, -0.2) is 4.98 Å². The molecule has 0 amide bonds. The van der Waals surface area contributed by atoms with Crippen molar-refractivity contribution in [2.45, 2.75) is 44.8 Å². The maximum absolute atomic E-state index is 10.3. The average molecular weight is 284 g/mol. The van der Waals surface area contributed by atoms with Gasteiger partial charge in [0.1, 0.15) is 0 Å². The number of hydrogen-bond acceptors (Lipinski definition) is 5. The van der Waals surface area contributed by atoms with Crippen LogP contribution >= 0.6 is 11.3 Å². The average Bonchev–Trinajstić information content (AvgIpc) is 2.77. The van der Waals surface area contributed by atoms with Gasteiger partial charge in [-0.1, -0.05) is 20.8 Å². The quantitative estimate of drug-likeness (QED) is 0.917. The molecule has 0 spiro atoms. The number of hydrogen-bond donors (Lipinski definition) is 1. The molecule has 1 aliphatic rings. The first-order valence-corrected chi connectivity index (χ1v) is 7.67. The van der Waals surface area contributed by atoms with Crippen molar-refractivity contribution < 1.29 is 9.84 Å². The lowest BCUT2D eigenvalue weighted by molar-refractivity contribution is -0.0823. The lowest BCUT2D eigenvalue weighted by Gasteiger charge is -2.32. The Bertz CT molecular complexity index is 414. The highest BCUT2D eigenvalue weighted by atomic mass is 32.1. The SMILES string of the molecule is CN1CCOC(C(O)Cc2nc(C(C)(C)C)cs2)C1. The molecule has 1 aromatic rings. The fourth-order valence-corrected chi connectivity index (χ4v) is 3.18. The first-order chi connectivity index (χ1) is 8.86. The molecule has 0 bridgehead atoms. The van der Waals surface area contributed by atoms with Crippen LogP contribution in [0.2, 0.25) is 0 Å². The van der Waals surface area contributed by atoms with Crippen molar-refractivity contribution >= 4 is 11.3 Å². The van der Waals surface area contributed by atoms with Crippen LogP contribution in [0.5, 0.6) is 0 Å². The number of morpholine rings is 1. The Morgan fingerprint density at radius 2 is 2.32 bits per heavy atom. The number of aliphatic hydroxyl groups excluding tert-OH is 1. The third kappa shape index (κ3) is 3.99. The molecule has 2 heterocycles. The Morgan fingerprint density at radius 1 is 1.58 bits per heavy atom. The van der Waals surface area contributed by atoms with E-state index < -0.39 is 6.10 Å². The van der Waals surface area contributed by atoms with Gasteiger partial charge >= 0.3 is 0 Å². The summed E-state index contributed by atoms with van der Waals surface area (Å²) in [5.74, 6) is 0. The molecule has 0 aliphatic carbocycles. The van der Waals surface area contributed by atoms with Gasteiger partial charge in [-0.15, -0.1) is 11.3 Å². The number of aliphatic hydroxyl groups is 1. The van der Waals surface area contributed by atoms with Crippen molar-refractivity contribution in [1.82, 2.24) is 9.88 Å². The smallest absolute Gasteiger partial charge is 0.0965 e. The molecule has 4 nitrogen and oxygen atoms in total. The number of likely N-dealkylation sites (N-methyl/N-ethyl adjacent to an activating group) is 1. The molecule has 5 heteroatoms. The van der Waals surface area contributed by atoms with Crippen molar-refractivity contribution in [3.63, 3.8) is 0 Å². The highest BCUT2D eigenvalue weighted by Gasteiger charge is 2.26. The van der Waals surface area contributed by atoms with E-state index in [4.69, 9.17) is 4.74 Å². The normalized spacial score (nSPS) is 23.5. The molecule has 0 radical (unpaired) electrons. The van der Waals surface area contributed by atoms with Crippen LogP contribution in [0, 0.1) is 0 Å². The van der Waals surface area contributed by atoms with Crippen LogP contribution in [0.25, 0.3) is 0 Å². The Morgan fingerprint density at radius 3 is 2.89 bits per heavy atom. The number of rotatable bonds is 3. The lowest BCUT2D eigenvalue weighted by Crippen LogP contribution is -2.46. The van der Waals surface area contributed by atoms with Crippen LogP contribution in [0.3, 0.4) is 0 Å². The lowest BCUT2D eigenvalue weighted by atomic mass is 9.93. The standard InChI is InChI=1S/C14H24N2O2S/c1-14(2,3)12-9-19-13(15-12)7-10(17)11-8-16(4)5-6-18-11/h9-11,17H,5-8H2,1-4H3. The molecule has 1 fully saturated rings. The van der Waals surface area contributed by atoms with E-state index in [9.17, 15) is 5.11 Å². The molecule has 108 valence electrons. The van der Waals surface area contributed by atoms with Crippen molar-refractivity contribution in [2.24, 2.45) is 0 Å². The summed E-state index contributed by atoms with van der Waals surface area (Å²) < 4.78 is 5.64. The van der Waals surface area contributed by atoms with E-state index in [0.717, 1.165) is 23.8 Å². The fourth-order valence-electron chi connectivity index (χ4n) is 2.10. The Labute approximate surface area is 119 Å². The van der Waals surface area contributed by atoms with E-state index in [0.29, 0.717) is 13.0 Å². The van der Waals surface area contributed by atoms with Crippen LogP contribution in [0.1, 0.15) is 31.5 Å². The van der Waals surface area contributed by atoms with E-state index in [-0.39, 0.29) is 11.5 Å². The van der Waals surface area contributed by atoms with Gasteiger partial charge in [-0.2, -0.15) is 0 Å². The molecule has 1 saturated heterocycles. The zero-order valence-electron chi connectivity index (χ0n) is 12.2. The van der Waals surface area contributed by atoms with Gasteiger partial charge in [-0.05, 0) is 7.05 Å². The summed E-state index contributed by atoms with van der Waals surface area (Å²) >= 11 is 1.63. The predicted octanol–water partition coefficient (Wildman–Crippen LogP) is 1.67. The first-order valence-electron chi connectivity index (χ1n) is 6.79. The van der Waals surface area contributed by atoms with Gasteiger partial charge in [0.05, 0.1) is 29.5 Å². The molecule has 2 unspecified atom stereocenters. The van der Waals surface area contributed by atoms with Crippen LogP contribution in [-0.4, -0.2) is 53.9 Å². The van der Waals surface area contributed by atoms with E-state index in [1.54, 1.807) is 11.3 Å². The van der Waals surface area contributed by atoms with E-state index in [2.05, 4.69) is 43.1 Å². The van der Waals surface area contributed by atoms with Gasteiger partial charge in [-0.3, -0.25) is 0 Å². The topological polar surface area (TPSA) is 45.6 Å². The molecule has 1 aromatic heterocycles. The van der Waals surface area contributed by atoms with Crippen LogP contribution < -0.4 is 0 Å². The number of thiazole rings is 1. The minimum absolute atomic E-state index is 0.0707. The monoisotopic (exact) mass is 284 g/mol. The van der Waals surface area contributed by atoms with E-state index in [1.165, 1.54) is 0 Å². The van der Waals surface area contributed by atoms with Crippen molar-refractivity contribution in [2.75, 3.05) is 26.7 Å². The van der Waals surface area contributed by atoms with Gasteiger partial charge < -0.3 is 14.7 Å². The molecule has 1 aliphatic heterocycles. The molecular weight excluding hydrogens is 260 g/mol. The molecular formula is C14H24N2O2S. The Balaban J connectivity index is 1.95. The maximum Gasteiger partial charge on any atom is 0.0965 e.